The van der Waals surface area contributed by atoms with Gasteiger partial charge in [-0.2, -0.15) is 0 Å². The van der Waals surface area contributed by atoms with Crippen molar-refractivity contribution in [3.05, 3.63) is 76.9 Å². The number of aromatic nitrogens is 1. The number of fused-ring (bicyclic) bond motifs is 1. The molecule has 0 unspecified atom stereocenters. The lowest BCUT2D eigenvalue weighted by atomic mass is 10.1. The molecule has 0 fully saturated rings. The fourth-order valence-corrected chi connectivity index (χ4v) is 3.60. The third-order valence-electron chi connectivity index (χ3n) is 4.88. The van der Waals surface area contributed by atoms with Crippen molar-refractivity contribution in [1.82, 2.24) is 9.88 Å². The SMILES string of the molecule is CN(C)C(=O)c1ccc(NC(=O)c2cccc3c2OCCN3c2ncccc2Cl)cc1. The first-order valence-corrected chi connectivity index (χ1v) is 10.1. The number of halogens is 1. The fourth-order valence-electron chi connectivity index (χ4n) is 3.38. The van der Waals surface area contributed by atoms with Gasteiger partial charge in [0.1, 0.15) is 6.61 Å². The number of nitrogens with zero attached hydrogens (tertiary/aromatic N) is 3. The summed E-state index contributed by atoms with van der Waals surface area (Å²) in [6.45, 7) is 0.960. The van der Waals surface area contributed by atoms with Gasteiger partial charge < -0.3 is 19.9 Å². The highest BCUT2D eigenvalue weighted by atomic mass is 35.5. The second-order valence-corrected chi connectivity index (χ2v) is 7.60. The van der Waals surface area contributed by atoms with E-state index in [0.29, 0.717) is 46.6 Å². The molecule has 8 heteroatoms. The van der Waals surface area contributed by atoms with Crippen LogP contribution in [0.2, 0.25) is 5.02 Å². The number of benzene rings is 2. The third-order valence-corrected chi connectivity index (χ3v) is 5.18. The van der Waals surface area contributed by atoms with Crippen molar-refractivity contribution in [1.29, 1.82) is 0 Å². The molecule has 0 atom stereocenters. The average molecular weight is 437 g/mol. The predicted molar refractivity (Wildman–Crippen MR) is 121 cm³/mol. The summed E-state index contributed by atoms with van der Waals surface area (Å²) in [7, 11) is 3.38. The Balaban J connectivity index is 1.60. The second kappa shape index (κ2) is 8.65. The van der Waals surface area contributed by atoms with E-state index in [-0.39, 0.29) is 11.8 Å². The number of amides is 2. The monoisotopic (exact) mass is 436 g/mol. The van der Waals surface area contributed by atoms with Gasteiger partial charge in [-0.25, -0.2) is 4.98 Å². The maximum Gasteiger partial charge on any atom is 0.259 e. The van der Waals surface area contributed by atoms with Crippen LogP contribution >= 0.6 is 11.6 Å². The topological polar surface area (TPSA) is 74.8 Å². The summed E-state index contributed by atoms with van der Waals surface area (Å²) in [6.07, 6.45) is 1.68. The van der Waals surface area contributed by atoms with Gasteiger partial charge in [-0.15, -0.1) is 0 Å². The lowest BCUT2D eigenvalue weighted by Crippen LogP contribution is -2.30. The summed E-state index contributed by atoms with van der Waals surface area (Å²) in [6, 6.07) is 15.7. The van der Waals surface area contributed by atoms with E-state index in [1.165, 1.54) is 4.90 Å². The van der Waals surface area contributed by atoms with Crippen molar-refractivity contribution in [2.24, 2.45) is 0 Å². The predicted octanol–water partition coefficient (Wildman–Crippen LogP) is 4.22. The number of hydrogen-bond acceptors (Lipinski definition) is 5. The smallest absolute Gasteiger partial charge is 0.259 e. The normalized spacial score (nSPS) is 12.5. The summed E-state index contributed by atoms with van der Waals surface area (Å²) >= 11 is 6.34. The number of nitrogens with one attached hydrogen (secondary N) is 1. The van der Waals surface area contributed by atoms with Gasteiger partial charge in [0.15, 0.2) is 11.6 Å². The van der Waals surface area contributed by atoms with Crippen LogP contribution in [0.25, 0.3) is 0 Å². The van der Waals surface area contributed by atoms with Gasteiger partial charge in [-0.05, 0) is 48.5 Å². The highest BCUT2D eigenvalue weighted by molar-refractivity contribution is 6.33. The van der Waals surface area contributed by atoms with Crippen molar-refractivity contribution in [2.75, 3.05) is 37.5 Å². The standard InChI is InChI=1S/C23H21ClN4O3/c1-27(2)23(30)15-8-10-16(11-9-15)26-22(29)17-5-3-7-19-20(17)31-14-13-28(19)21-18(24)6-4-12-25-21/h3-12H,13-14H2,1-2H3,(H,26,29). The molecule has 0 radical (unpaired) electrons. The van der Waals surface area contributed by atoms with E-state index >= 15 is 0 Å². The number of ether oxygens (including phenoxy) is 1. The van der Waals surface area contributed by atoms with Crippen LogP contribution in [0.3, 0.4) is 0 Å². The molecule has 7 nitrogen and oxygen atoms in total. The van der Waals surface area contributed by atoms with E-state index in [1.54, 1.807) is 68.8 Å². The Morgan fingerprint density at radius 2 is 1.87 bits per heavy atom. The van der Waals surface area contributed by atoms with Crippen LogP contribution < -0.4 is 15.0 Å². The average Bonchev–Trinajstić information content (AvgIpc) is 2.78. The van der Waals surface area contributed by atoms with Crippen LogP contribution in [0.15, 0.2) is 60.8 Å². The van der Waals surface area contributed by atoms with Crippen LogP contribution in [0.5, 0.6) is 5.75 Å². The van der Waals surface area contributed by atoms with Crippen LogP contribution in [0.4, 0.5) is 17.2 Å². The number of para-hydroxylation sites is 1. The van der Waals surface area contributed by atoms with Gasteiger partial charge in [0.2, 0.25) is 0 Å². The largest absolute Gasteiger partial charge is 0.489 e. The molecule has 2 heterocycles. The van der Waals surface area contributed by atoms with Crippen molar-refractivity contribution in [2.45, 2.75) is 0 Å². The van der Waals surface area contributed by atoms with E-state index in [4.69, 9.17) is 16.3 Å². The minimum absolute atomic E-state index is 0.100. The Labute approximate surface area is 185 Å². The molecular formula is C23H21ClN4O3. The molecule has 1 aliphatic rings. The van der Waals surface area contributed by atoms with E-state index in [1.807, 2.05) is 11.0 Å². The molecule has 1 N–H and O–H groups in total. The van der Waals surface area contributed by atoms with E-state index in [9.17, 15) is 9.59 Å². The zero-order chi connectivity index (χ0) is 22.0. The molecule has 4 rings (SSSR count). The molecule has 158 valence electrons. The molecule has 1 aromatic heterocycles. The van der Waals surface area contributed by atoms with Crippen molar-refractivity contribution < 1.29 is 14.3 Å². The van der Waals surface area contributed by atoms with Crippen LogP contribution in [0.1, 0.15) is 20.7 Å². The van der Waals surface area contributed by atoms with Crippen LogP contribution in [0, 0.1) is 0 Å². The molecule has 0 aliphatic carbocycles. The first-order valence-electron chi connectivity index (χ1n) is 9.72. The van der Waals surface area contributed by atoms with Crippen LogP contribution in [-0.2, 0) is 0 Å². The highest BCUT2D eigenvalue weighted by Gasteiger charge is 2.26. The summed E-state index contributed by atoms with van der Waals surface area (Å²) in [5.74, 6) is 0.689. The molecular weight excluding hydrogens is 416 g/mol. The Kier molecular flexibility index (Phi) is 5.77. The number of hydrogen-bond donors (Lipinski definition) is 1. The first kappa shape index (κ1) is 20.7. The fraction of sp³-hybridized carbons (Fsp3) is 0.174. The Hall–Kier alpha value is -3.58. The Bertz CT molecular complexity index is 1130. The van der Waals surface area contributed by atoms with Crippen molar-refractivity contribution in [3.63, 3.8) is 0 Å². The van der Waals surface area contributed by atoms with Gasteiger partial charge in [-0.1, -0.05) is 17.7 Å². The summed E-state index contributed by atoms with van der Waals surface area (Å²) < 4.78 is 5.86. The highest BCUT2D eigenvalue weighted by Crippen LogP contribution is 2.40. The molecule has 0 saturated carbocycles. The molecule has 3 aromatic rings. The Morgan fingerprint density at radius 1 is 1.10 bits per heavy atom. The number of anilines is 3. The molecule has 0 bridgehead atoms. The van der Waals surface area contributed by atoms with Gasteiger partial charge in [0, 0.05) is 31.5 Å². The van der Waals surface area contributed by atoms with Gasteiger partial charge in [-0.3, -0.25) is 9.59 Å². The van der Waals surface area contributed by atoms with Crippen LogP contribution in [-0.4, -0.2) is 48.9 Å². The minimum Gasteiger partial charge on any atom is -0.489 e. The second-order valence-electron chi connectivity index (χ2n) is 7.19. The molecule has 2 aromatic carbocycles. The minimum atomic E-state index is -0.308. The maximum atomic E-state index is 13.0. The van der Waals surface area contributed by atoms with Gasteiger partial charge in [0.25, 0.3) is 11.8 Å². The summed E-state index contributed by atoms with van der Waals surface area (Å²) in [5, 5.41) is 3.39. The molecule has 31 heavy (non-hydrogen) atoms. The number of carbonyl (C=O) groups excluding carboxylic acids is 2. The van der Waals surface area contributed by atoms with E-state index < -0.39 is 0 Å². The van der Waals surface area contributed by atoms with Crippen molar-refractivity contribution >= 4 is 40.6 Å². The van der Waals surface area contributed by atoms with Gasteiger partial charge in [0.05, 0.1) is 22.8 Å². The zero-order valence-corrected chi connectivity index (χ0v) is 17.9. The quantitative estimate of drug-likeness (QED) is 0.662. The molecule has 0 saturated heterocycles. The Morgan fingerprint density at radius 3 is 2.58 bits per heavy atom. The lowest BCUT2D eigenvalue weighted by molar-refractivity contribution is 0.0827. The molecule has 2 amide bonds. The van der Waals surface area contributed by atoms with E-state index in [0.717, 1.165) is 5.69 Å². The lowest BCUT2D eigenvalue weighted by Gasteiger charge is -2.31. The summed E-state index contributed by atoms with van der Waals surface area (Å²) in [4.78, 5) is 32.9. The number of pyridine rings is 1. The van der Waals surface area contributed by atoms with Crippen molar-refractivity contribution in [3.8, 4) is 5.75 Å². The maximum absolute atomic E-state index is 13.0. The molecule has 0 spiro atoms. The van der Waals surface area contributed by atoms with Gasteiger partial charge >= 0.3 is 0 Å². The summed E-state index contributed by atoms with van der Waals surface area (Å²) in [5.41, 5.74) is 2.26. The third kappa shape index (κ3) is 4.18. The van der Waals surface area contributed by atoms with E-state index in [2.05, 4.69) is 10.3 Å². The first-order chi connectivity index (χ1) is 15.0. The number of carbonyl (C=O) groups is 2. The zero-order valence-electron chi connectivity index (χ0n) is 17.1. The number of rotatable bonds is 4. The molecule has 1 aliphatic heterocycles.